The molecular formula is C13H16O. The summed E-state index contributed by atoms with van der Waals surface area (Å²) in [7, 11) is 0. The maximum Gasteiger partial charge on any atom is 0.130 e. The molecule has 0 N–H and O–H groups in total. The Morgan fingerprint density at radius 3 is 2.36 bits per heavy atom. The van der Waals surface area contributed by atoms with E-state index in [2.05, 4.69) is 24.3 Å². The van der Waals surface area contributed by atoms with E-state index in [1.54, 1.807) is 6.92 Å². The van der Waals surface area contributed by atoms with Crippen molar-refractivity contribution in [2.24, 2.45) is 0 Å². The quantitative estimate of drug-likeness (QED) is 0.712. The summed E-state index contributed by atoms with van der Waals surface area (Å²) in [6.45, 7) is 1.70. The van der Waals surface area contributed by atoms with Crippen LogP contribution in [0.4, 0.5) is 0 Å². The summed E-state index contributed by atoms with van der Waals surface area (Å²) in [6.07, 6.45) is 4.34. The Balaban J connectivity index is 2.25. The molecule has 1 nitrogen and oxygen atoms in total. The summed E-state index contributed by atoms with van der Waals surface area (Å²) in [5.41, 5.74) is 1.54. The molecule has 1 heteroatoms. The Morgan fingerprint density at radius 1 is 1.29 bits per heavy atom. The molecule has 2 rings (SSSR count). The Kier molecular flexibility index (Phi) is 2.40. The summed E-state index contributed by atoms with van der Waals surface area (Å²) in [6, 6.07) is 10.5. The molecule has 1 fully saturated rings. The van der Waals surface area contributed by atoms with Gasteiger partial charge in [0.25, 0.3) is 0 Å². The second-order valence-corrected chi connectivity index (χ2v) is 4.38. The predicted molar refractivity (Wildman–Crippen MR) is 57.3 cm³/mol. The van der Waals surface area contributed by atoms with Crippen molar-refractivity contribution in [1.29, 1.82) is 0 Å². The summed E-state index contributed by atoms with van der Waals surface area (Å²) >= 11 is 0. The highest BCUT2D eigenvalue weighted by molar-refractivity contribution is 5.77. The molecule has 0 saturated heterocycles. The number of carbonyl (C=O) groups is 1. The molecule has 1 aromatic carbocycles. The van der Waals surface area contributed by atoms with E-state index < -0.39 is 0 Å². The van der Waals surface area contributed by atoms with Crippen LogP contribution in [0.3, 0.4) is 0 Å². The van der Waals surface area contributed by atoms with Crippen LogP contribution < -0.4 is 0 Å². The van der Waals surface area contributed by atoms with Gasteiger partial charge >= 0.3 is 0 Å². The minimum Gasteiger partial charge on any atom is -0.300 e. The van der Waals surface area contributed by atoms with E-state index in [1.807, 2.05) is 6.07 Å². The van der Waals surface area contributed by atoms with E-state index in [-0.39, 0.29) is 5.41 Å². The molecule has 0 unspecified atom stereocenters. The standard InChI is InChI=1S/C13H16O/c1-11(14)10-13(8-5-9-13)12-6-3-2-4-7-12/h2-4,6-7H,5,8-10H2,1H3. The maximum absolute atomic E-state index is 11.2. The van der Waals surface area contributed by atoms with Crippen LogP contribution in [0.15, 0.2) is 30.3 Å². The minimum atomic E-state index is 0.188. The Labute approximate surface area is 85.1 Å². The van der Waals surface area contributed by atoms with Crippen LogP contribution in [0.25, 0.3) is 0 Å². The fraction of sp³-hybridized carbons (Fsp3) is 0.462. The second-order valence-electron chi connectivity index (χ2n) is 4.38. The van der Waals surface area contributed by atoms with Gasteiger partial charge in [-0.05, 0) is 25.3 Å². The second kappa shape index (κ2) is 3.56. The molecule has 0 bridgehead atoms. The number of rotatable bonds is 3. The van der Waals surface area contributed by atoms with Crippen molar-refractivity contribution in [2.75, 3.05) is 0 Å². The zero-order chi connectivity index (χ0) is 10.0. The van der Waals surface area contributed by atoms with Crippen molar-refractivity contribution >= 4 is 5.78 Å². The van der Waals surface area contributed by atoms with E-state index >= 15 is 0 Å². The monoisotopic (exact) mass is 188 g/mol. The fourth-order valence-electron chi connectivity index (χ4n) is 2.44. The van der Waals surface area contributed by atoms with Gasteiger partial charge < -0.3 is 0 Å². The molecular weight excluding hydrogens is 172 g/mol. The smallest absolute Gasteiger partial charge is 0.130 e. The third kappa shape index (κ3) is 1.59. The zero-order valence-electron chi connectivity index (χ0n) is 8.62. The molecule has 0 radical (unpaired) electrons. The zero-order valence-corrected chi connectivity index (χ0v) is 8.62. The van der Waals surface area contributed by atoms with Gasteiger partial charge in [0.1, 0.15) is 5.78 Å². The molecule has 0 spiro atoms. The number of Topliss-reactive ketones (excluding diaryl/α,β-unsaturated/α-hetero) is 1. The molecule has 1 saturated carbocycles. The Hall–Kier alpha value is -1.11. The van der Waals surface area contributed by atoms with Gasteiger partial charge in [-0.3, -0.25) is 4.79 Å². The van der Waals surface area contributed by atoms with Crippen molar-refractivity contribution in [3.63, 3.8) is 0 Å². The summed E-state index contributed by atoms with van der Waals surface area (Å²) in [5, 5.41) is 0. The van der Waals surface area contributed by atoms with E-state index in [0.717, 1.165) is 6.42 Å². The highest BCUT2D eigenvalue weighted by Crippen LogP contribution is 2.46. The number of hydrogen-bond donors (Lipinski definition) is 0. The maximum atomic E-state index is 11.2. The van der Waals surface area contributed by atoms with Crippen LogP contribution >= 0.6 is 0 Å². The van der Waals surface area contributed by atoms with E-state index in [0.29, 0.717) is 5.78 Å². The molecule has 74 valence electrons. The van der Waals surface area contributed by atoms with Crippen LogP contribution in [0.1, 0.15) is 38.2 Å². The van der Waals surface area contributed by atoms with Crippen molar-refractivity contribution in [3.8, 4) is 0 Å². The third-order valence-corrected chi connectivity index (χ3v) is 3.28. The molecule has 1 aromatic rings. The van der Waals surface area contributed by atoms with Gasteiger partial charge in [-0.1, -0.05) is 36.8 Å². The average Bonchev–Trinajstić information content (AvgIpc) is 2.12. The number of benzene rings is 1. The number of hydrogen-bond acceptors (Lipinski definition) is 1. The summed E-state index contributed by atoms with van der Waals surface area (Å²) in [5.74, 6) is 0.313. The first-order valence-electron chi connectivity index (χ1n) is 5.28. The highest BCUT2D eigenvalue weighted by atomic mass is 16.1. The van der Waals surface area contributed by atoms with Crippen molar-refractivity contribution in [1.82, 2.24) is 0 Å². The summed E-state index contributed by atoms with van der Waals surface area (Å²) < 4.78 is 0. The van der Waals surface area contributed by atoms with Crippen LogP contribution in [0, 0.1) is 0 Å². The van der Waals surface area contributed by atoms with Crippen LogP contribution in [0.2, 0.25) is 0 Å². The van der Waals surface area contributed by atoms with Crippen LogP contribution in [0.5, 0.6) is 0 Å². The van der Waals surface area contributed by atoms with E-state index in [4.69, 9.17) is 0 Å². The predicted octanol–water partition coefficient (Wildman–Crippen LogP) is 3.09. The first-order chi connectivity index (χ1) is 6.73. The van der Waals surface area contributed by atoms with Gasteiger partial charge in [-0.15, -0.1) is 0 Å². The number of ketones is 1. The van der Waals surface area contributed by atoms with Gasteiger partial charge in [0.05, 0.1) is 0 Å². The number of carbonyl (C=O) groups excluding carboxylic acids is 1. The van der Waals surface area contributed by atoms with Gasteiger partial charge in [-0.25, -0.2) is 0 Å². The van der Waals surface area contributed by atoms with Gasteiger partial charge in [-0.2, -0.15) is 0 Å². The summed E-state index contributed by atoms with van der Waals surface area (Å²) in [4.78, 5) is 11.2. The lowest BCUT2D eigenvalue weighted by atomic mass is 9.62. The Morgan fingerprint density at radius 2 is 1.93 bits per heavy atom. The molecule has 1 aliphatic rings. The van der Waals surface area contributed by atoms with E-state index in [1.165, 1.54) is 24.8 Å². The molecule has 0 aromatic heterocycles. The fourth-order valence-corrected chi connectivity index (χ4v) is 2.44. The minimum absolute atomic E-state index is 0.188. The van der Waals surface area contributed by atoms with E-state index in [9.17, 15) is 4.79 Å². The lowest BCUT2D eigenvalue weighted by Gasteiger charge is -2.42. The molecule has 0 amide bonds. The molecule has 0 atom stereocenters. The van der Waals surface area contributed by atoms with Crippen LogP contribution in [-0.4, -0.2) is 5.78 Å². The largest absolute Gasteiger partial charge is 0.300 e. The molecule has 14 heavy (non-hydrogen) atoms. The van der Waals surface area contributed by atoms with Gasteiger partial charge in [0, 0.05) is 11.8 Å². The topological polar surface area (TPSA) is 17.1 Å². The average molecular weight is 188 g/mol. The van der Waals surface area contributed by atoms with Gasteiger partial charge in [0.15, 0.2) is 0 Å². The first kappa shape index (κ1) is 9.45. The molecule has 0 aliphatic heterocycles. The lowest BCUT2D eigenvalue weighted by molar-refractivity contribution is -0.119. The first-order valence-corrected chi connectivity index (χ1v) is 5.28. The Bertz CT molecular complexity index is 322. The van der Waals surface area contributed by atoms with Gasteiger partial charge in [0.2, 0.25) is 0 Å². The van der Waals surface area contributed by atoms with Crippen molar-refractivity contribution in [2.45, 2.75) is 38.0 Å². The third-order valence-electron chi connectivity index (χ3n) is 3.28. The van der Waals surface area contributed by atoms with Crippen molar-refractivity contribution < 1.29 is 4.79 Å². The molecule has 0 heterocycles. The lowest BCUT2D eigenvalue weighted by Crippen LogP contribution is -2.35. The van der Waals surface area contributed by atoms with Crippen molar-refractivity contribution in [3.05, 3.63) is 35.9 Å². The van der Waals surface area contributed by atoms with Crippen LogP contribution in [-0.2, 0) is 10.2 Å². The molecule has 1 aliphatic carbocycles. The highest BCUT2D eigenvalue weighted by Gasteiger charge is 2.39. The normalized spacial score (nSPS) is 18.6. The SMILES string of the molecule is CC(=O)CC1(c2ccccc2)CCC1.